The van der Waals surface area contributed by atoms with Crippen molar-refractivity contribution in [2.24, 2.45) is 0 Å². The zero-order valence-corrected chi connectivity index (χ0v) is 17.0. The second kappa shape index (κ2) is 8.87. The van der Waals surface area contributed by atoms with Crippen molar-refractivity contribution < 1.29 is 9.18 Å². The lowest BCUT2D eigenvalue weighted by Gasteiger charge is -2.22. The molecular formula is C24H21FN4O2. The van der Waals surface area contributed by atoms with Crippen LogP contribution < -0.4 is 10.5 Å². The first-order valence-corrected chi connectivity index (χ1v) is 10.0. The maximum atomic E-state index is 14.2. The van der Waals surface area contributed by atoms with Crippen molar-refractivity contribution in [1.29, 1.82) is 0 Å². The molecule has 31 heavy (non-hydrogen) atoms. The molecule has 0 atom stereocenters. The number of aromatic nitrogens is 3. The summed E-state index contributed by atoms with van der Waals surface area (Å²) in [5.74, 6) is -0.901. The SMILES string of the molecule is CCN(C(=O)Cn1nc(Cc2ccncc2)c2ccccc2c1=O)c1ccccc1F. The predicted molar refractivity (Wildman–Crippen MR) is 117 cm³/mol. The summed E-state index contributed by atoms with van der Waals surface area (Å²) in [6, 6.07) is 17.1. The summed E-state index contributed by atoms with van der Waals surface area (Å²) in [6.07, 6.45) is 3.89. The van der Waals surface area contributed by atoms with E-state index in [9.17, 15) is 14.0 Å². The molecule has 1 amide bonds. The van der Waals surface area contributed by atoms with E-state index in [1.54, 1.807) is 49.6 Å². The Morgan fingerprint density at radius 3 is 2.39 bits per heavy atom. The first kappa shape index (κ1) is 20.4. The monoisotopic (exact) mass is 416 g/mol. The fraction of sp³-hybridized carbons (Fsp3) is 0.167. The van der Waals surface area contributed by atoms with E-state index >= 15 is 0 Å². The zero-order chi connectivity index (χ0) is 21.8. The number of likely N-dealkylation sites (N-methyl/N-ethyl adjacent to an activating group) is 1. The Hall–Kier alpha value is -3.87. The van der Waals surface area contributed by atoms with E-state index in [-0.39, 0.29) is 24.3 Å². The van der Waals surface area contributed by atoms with Crippen LogP contribution in [0.1, 0.15) is 18.2 Å². The Kier molecular flexibility index (Phi) is 5.84. The Balaban J connectivity index is 1.73. The molecule has 0 radical (unpaired) electrons. The maximum absolute atomic E-state index is 14.2. The highest BCUT2D eigenvalue weighted by Gasteiger charge is 2.20. The Morgan fingerprint density at radius 1 is 1.00 bits per heavy atom. The van der Waals surface area contributed by atoms with E-state index in [2.05, 4.69) is 10.1 Å². The summed E-state index contributed by atoms with van der Waals surface area (Å²) in [7, 11) is 0. The quantitative estimate of drug-likeness (QED) is 0.482. The van der Waals surface area contributed by atoms with E-state index in [0.717, 1.165) is 10.9 Å². The van der Waals surface area contributed by atoms with Gasteiger partial charge in [0.2, 0.25) is 5.91 Å². The van der Waals surface area contributed by atoms with E-state index in [4.69, 9.17) is 0 Å². The van der Waals surface area contributed by atoms with Gasteiger partial charge in [-0.25, -0.2) is 9.07 Å². The molecule has 0 saturated carbocycles. The molecule has 0 saturated heterocycles. The van der Waals surface area contributed by atoms with Gasteiger partial charge in [-0.1, -0.05) is 30.3 Å². The van der Waals surface area contributed by atoms with Crippen molar-refractivity contribution in [3.8, 4) is 0 Å². The highest BCUT2D eigenvalue weighted by atomic mass is 19.1. The number of amides is 1. The number of benzene rings is 2. The molecule has 0 unspecified atom stereocenters. The van der Waals surface area contributed by atoms with E-state index in [1.807, 2.05) is 24.3 Å². The third-order valence-electron chi connectivity index (χ3n) is 5.11. The molecule has 6 nitrogen and oxygen atoms in total. The van der Waals surface area contributed by atoms with Gasteiger partial charge in [0.25, 0.3) is 5.56 Å². The Morgan fingerprint density at radius 2 is 1.68 bits per heavy atom. The number of pyridine rings is 1. The standard InChI is InChI=1S/C24H21FN4O2/c1-2-28(22-10-6-5-9-20(22)25)23(30)16-29-24(31)19-8-4-3-7-18(19)21(27-29)15-17-11-13-26-14-12-17/h3-14H,2,15-16H2,1H3. The largest absolute Gasteiger partial charge is 0.308 e. The molecular weight excluding hydrogens is 395 g/mol. The van der Waals surface area contributed by atoms with Crippen molar-refractivity contribution >= 4 is 22.4 Å². The molecule has 2 aromatic heterocycles. The molecule has 0 bridgehead atoms. The van der Waals surface area contributed by atoms with Gasteiger partial charge in [0.1, 0.15) is 12.4 Å². The van der Waals surface area contributed by atoms with Crippen molar-refractivity contribution in [2.75, 3.05) is 11.4 Å². The number of halogens is 1. The first-order chi connectivity index (χ1) is 15.1. The fourth-order valence-electron chi connectivity index (χ4n) is 3.60. The van der Waals surface area contributed by atoms with Crippen molar-refractivity contribution in [1.82, 2.24) is 14.8 Å². The highest BCUT2D eigenvalue weighted by molar-refractivity contribution is 5.93. The van der Waals surface area contributed by atoms with E-state index < -0.39 is 11.7 Å². The predicted octanol–water partition coefficient (Wildman–Crippen LogP) is 3.57. The maximum Gasteiger partial charge on any atom is 0.275 e. The van der Waals surface area contributed by atoms with Crippen LogP contribution in [0.5, 0.6) is 0 Å². The van der Waals surface area contributed by atoms with Crippen LogP contribution in [0.3, 0.4) is 0 Å². The normalized spacial score (nSPS) is 10.9. The molecule has 4 aromatic rings. The number of carbonyl (C=O) groups excluding carboxylic acids is 1. The highest BCUT2D eigenvalue weighted by Crippen LogP contribution is 2.20. The summed E-state index contributed by atoms with van der Waals surface area (Å²) in [5, 5.41) is 5.75. The molecule has 2 heterocycles. The average molecular weight is 416 g/mol. The van der Waals surface area contributed by atoms with Crippen molar-refractivity contribution in [2.45, 2.75) is 19.9 Å². The smallest absolute Gasteiger partial charge is 0.275 e. The number of hydrogen-bond acceptors (Lipinski definition) is 4. The second-order valence-electron chi connectivity index (χ2n) is 7.08. The molecule has 0 N–H and O–H groups in total. The molecule has 4 rings (SSSR count). The van der Waals surface area contributed by atoms with Gasteiger partial charge in [0.15, 0.2) is 0 Å². The van der Waals surface area contributed by atoms with Gasteiger partial charge in [-0.2, -0.15) is 5.10 Å². The van der Waals surface area contributed by atoms with Crippen LogP contribution in [-0.2, 0) is 17.8 Å². The van der Waals surface area contributed by atoms with Crippen LogP contribution >= 0.6 is 0 Å². The Labute approximate surface area is 178 Å². The number of fused-ring (bicyclic) bond motifs is 1. The molecule has 0 aliphatic heterocycles. The summed E-state index contributed by atoms with van der Waals surface area (Å²) >= 11 is 0. The van der Waals surface area contributed by atoms with Gasteiger partial charge < -0.3 is 4.90 Å². The minimum Gasteiger partial charge on any atom is -0.308 e. The molecule has 0 fully saturated rings. The number of para-hydroxylation sites is 1. The van der Waals surface area contributed by atoms with Gasteiger partial charge in [-0.3, -0.25) is 14.6 Å². The molecule has 0 aliphatic rings. The van der Waals surface area contributed by atoms with Crippen molar-refractivity contribution in [3.63, 3.8) is 0 Å². The topological polar surface area (TPSA) is 68.1 Å². The lowest BCUT2D eigenvalue weighted by atomic mass is 10.1. The van der Waals surface area contributed by atoms with Crippen LogP contribution in [0.4, 0.5) is 10.1 Å². The summed E-state index contributed by atoms with van der Waals surface area (Å²) in [5.41, 5.74) is 1.50. The van der Waals surface area contributed by atoms with Crippen LogP contribution in [0, 0.1) is 5.82 Å². The van der Waals surface area contributed by atoms with Gasteiger partial charge >= 0.3 is 0 Å². The lowest BCUT2D eigenvalue weighted by molar-refractivity contribution is -0.119. The third kappa shape index (κ3) is 4.21. The number of carbonyl (C=O) groups is 1. The van der Waals surface area contributed by atoms with Crippen LogP contribution in [0.15, 0.2) is 77.9 Å². The van der Waals surface area contributed by atoms with Gasteiger partial charge in [0.05, 0.1) is 16.8 Å². The van der Waals surface area contributed by atoms with Crippen LogP contribution in [-0.4, -0.2) is 27.2 Å². The van der Waals surface area contributed by atoms with Crippen LogP contribution in [0.25, 0.3) is 10.8 Å². The molecule has 156 valence electrons. The first-order valence-electron chi connectivity index (χ1n) is 10.0. The number of rotatable bonds is 6. The lowest BCUT2D eigenvalue weighted by Crippen LogP contribution is -2.38. The summed E-state index contributed by atoms with van der Waals surface area (Å²) < 4.78 is 15.4. The minimum absolute atomic E-state index is 0.181. The minimum atomic E-state index is -0.491. The number of hydrogen-bond donors (Lipinski definition) is 0. The molecule has 0 aliphatic carbocycles. The molecule has 0 spiro atoms. The summed E-state index contributed by atoms with van der Waals surface area (Å²) in [6.45, 7) is 1.75. The second-order valence-corrected chi connectivity index (χ2v) is 7.08. The zero-order valence-electron chi connectivity index (χ0n) is 17.0. The van der Waals surface area contributed by atoms with E-state index in [0.29, 0.717) is 17.5 Å². The van der Waals surface area contributed by atoms with Gasteiger partial charge in [-0.15, -0.1) is 0 Å². The van der Waals surface area contributed by atoms with Gasteiger partial charge in [0, 0.05) is 30.7 Å². The van der Waals surface area contributed by atoms with E-state index in [1.165, 1.54) is 15.6 Å². The summed E-state index contributed by atoms with van der Waals surface area (Å²) in [4.78, 5) is 31.4. The number of nitrogens with zero attached hydrogens (tertiary/aromatic N) is 4. The molecule has 7 heteroatoms. The fourth-order valence-corrected chi connectivity index (χ4v) is 3.60. The Bertz CT molecular complexity index is 1290. The number of anilines is 1. The third-order valence-corrected chi connectivity index (χ3v) is 5.11. The van der Waals surface area contributed by atoms with Crippen LogP contribution in [0.2, 0.25) is 0 Å². The van der Waals surface area contributed by atoms with Gasteiger partial charge in [-0.05, 0) is 42.8 Å². The average Bonchev–Trinajstić information content (AvgIpc) is 2.79. The molecule has 2 aromatic carbocycles. The van der Waals surface area contributed by atoms with Crippen molar-refractivity contribution in [3.05, 3.63) is 100 Å².